The van der Waals surface area contributed by atoms with Crippen molar-refractivity contribution < 1.29 is 17.9 Å². The monoisotopic (exact) mass is 358 g/mol. The summed E-state index contributed by atoms with van der Waals surface area (Å²) in [4.78, 5) is 15.3. The van der Waals surface area contributed by atoms with E-state index in [0.717, 1.165) is 5.69 Å². The molecule has 0 aromatic carbocycles. The first-order chi connectivity index (χ1) is 11.3. The van der Waals surface area contributed by atoms with Gasteiger partial charge < -0.3 is 9.64 Å². The minimum Gasteiger partial charge on any atom is -0.365 e. The van der Waals surface area contributed by atoms with Crippen LogP contribution in [0.15, 0.2) is 12.3 Å². The zero-order valence-corrected chi connectivity index (χ0v) is 15.3. The highest BCUT2D eigenvalue weighted by Crippen LogP contribution is 2.14. The average molecular weight is 358 g/mol. The van der Waals surface area contributed by atoms with Gasteiger partial charge in [-0.15, -0.1) is 0 Å². The molecule has 1 amide bonds. The summed E-state index contributed by atoms with van der Waals surface area (Å²) in [5, 5.41) is 4.29. The van der Waals surface area contributed by atoms with Gasteiger partial charge in [0, 0.05) is 45.7 Å². The molecule has 24 heavy (non-hydrogen) atoms. The molecule has 9 heteroatoms. The van der Waals surface area contributed by atoms with E-state index >= 15 is 0 Å². The Balaban J connectivity index is 2.02. The molecule has 136 valence electrons. The molecular formula is C15H26N4O4S. The van der Waals surface area contributed by atoms with E-state index in [1.807, 2.05) is 10.7 Å². The molecule has 1 aliphatic heterocycles. The molecule has 1 atom stereocenters. The number of fused-ring (bicyclic) bond motifs is 1. The predicted molar refractivity (Wildman–Crippen MR) is 90.3 cm³/mol. The zero-order valence-electron chi connectivity index (χ0n) is 14.5. The summed E-state index contributed by atoms with van der Waals surface area (Å²) < 4.78 is 31.2. The van der Waals surface area contributed by atoms with Gasteiger partial charge in [-0.05, 0) is 6.07 Å². The van der Waals surface area contributed by atoms with Gasteiger partial charge in [-0.25, -0.2) is 8.42 Å². The summed E-state index contributed by atoms with van der Waals surface area (Å²) in [6.45, 7) is 3.87. The van der Waals surface area contributed by atoms with Crippen LogP contribution < -0.4 is 0 Å². The summed E-state index contributed by atoms with van der Waals surface area (Å²) in [6.07, 6.45) is 1.52. The van der Waals surface area contributed by atoms with Gasteiger partial charge in [0.15, 0.2) is 9.84 Å². The number of amides is 1. The first-order valence-corrected chi connectivity index (χ1v) is 9.88. The van der Waals surface area contributed by atoms with Crippen LogP contribution in [0.2, 0.25) is 0 Å². The van der Waals surface area contributed by atoms with Gasteiger partial charge in [0.25, 0.3) is 0 Å². The standard InChI is InChI=1S/C15H26N4O4S/c1-4-24(21,22)8-7-18-9-13-5-6-16-19(13)11-14(10-18)23-12-15(20)17(2)3/h5-6,14H,4,7-12H2,1-3H3/t14-/m1/s1. The van der Waals surface area contributed by atoms with Gasteiger partial charge in [0.05, 0.1) is 24.1 Å². The normalized spacial score (nSPS) is 18.9. The molecule has 0 spiro atoms. The van der Waals surface area contributed by atoms with E-state index in [2.05, 4.69) is 10.00 Å². The van der Waals surface area contributed by atoms with Gasteiger partial charge in [-0.1, -0.05) is 6.92 Å². The number of sulfone groups is 1. The van der Waals surface area contributed by atoms with Crippen molar-refractivity contribution in [1.82, 2.24) is 19.6 Å². The fourth-order valence-electron chi connectivity index (χ4n) is 2.50. The van der Waals surface area contributed by atoms with E-state index < -0.39 is 9.84 Å². The summed E-state index contributed by atoms with van der Waals surface area (Å²) in [7, 11) is 0.359. The second-order valence-corrected chi connectivity index (χ2v) is 8.67. The molecule has 2 heterocycles. The number of hydrogen-bond donors (Lipinski definition) is 0. The van der Waals surface area contributed by atoms with E-state index in [0.29, 0.717) is 26.2 Å². The van der Waals surface area contributed by atoms with Crippen LogP contribution in [-0.4, -0.2) is 85.3 Å². The molecule has 1 aliphatic rings. The fraction of sp³-hybridized carbons (Fsp3) is 0.733. The number of carbonyl (C=O) groups is 1. The van der Waals surface area contributed by atoms with Crippen LogP contribution in [0.5, 0.6) is 0 Å². The lowest BCUT2D eigenvalue weighted by Crippen LogP contribution is -2.38. The van der Waals surface area contributed by atoms with Crippen LogP contribution in [0, 0.1) is 0 Å². The number of nitrogens with zero attached hydrogens (tertiary/aromatic N) is 4. The Hall–Kier alpha value is -1.45. The van der Waals surface area contributed by atoms with E-state index in [4.69, 9.17) is 4.74 Å². The van der Waals surface area contributed by atoms with Crippen molar-refractivity contribution in [3.63, 3.8) is 0 Å². The Morgan fingerprint density at radius 2 is 2.17 bits per heavy atom. The fourth-order valence-corrected chi connectivity index (χ4v) is 3.32. The average Bonchev–Trinajstić information content (AvgIpc) is 2.89. The molecule has 0 unspecified atom stereocenters. The number of rotatable bonds is 7. The lowest BCUT2D eigenvalue weighted by molar-refractivity contribution is -0.136. The van der Waals surface area contributed by atoms with Gasteiger partial charge >= 0.3 is 0 Å². The lowest BCUT2D eigenvalue weighted by atomic mass is 10.3. The molecule has 1 aromatic heterocycles. The summed E-state index contributed by atoms with van der Waals surface area (Å²) in [5.74, 6) is 0.178. The van der Waals surface area contributed by atoms with Crippen molar-refractivity contribution in [2.24, 2.45) is 0 Å². The van der Waals surface area contributed by atoms with Crippen LogP contribution in [-0.2, 0) is 32.5 Å². The third-order valence-corrected chi connectivity index (χ3v) is 5.81. The molecular weight excluding hydrogens is 332 g/mol. The number of hydrogen-bond acceptors (Lipinski definition) is 6. The Bertz CT molecular complexity index is 656. The Morgan fingerprint density at radius 3 is 2.83 bits per heavy atom. The van der Waals surface area contributed by atoms with Gasteiger partial charge in [0.2, 0.25) is 5.91 Å². The van der Waals surface area contributed by atoms with Crippen LogP contribution in [0.1, 0.15) is 12.6 Å². The third-order valence-electron chi connectivity index (χ3n) is 4.13. The molecule has 0 fully saturated rings. The SMILES string of the molecule is CCS(=O)(=O)CCN1Cc2ccnn2C[C@H](OCC(=O)N(C)C)C1. The van der Waals surface area contributed by atoms with E-state index in [-0.39, 0.29) is 30.1 Å². The van der Waals surface area contributed by atoms with Crippen molar-refractivity contribution in [1.29, 1.82) is 0 Å². The summed E-state index contributed by atoms with van der Waals surface area (Å²) >= 11 is 0. The molecule has 0 radical (unpaired) electrons. The maximum absolute atomic E-state index is 11.8. The topological polar surface area (TPSA) is 84.7 Å². The van der Waals surface area contributed by atoms with Crippen molar-refractivity contribution in [2.45, 2.75) is 26.1 Å². The minimum atomic E-state index is -3.01. The van der Waals surface area contributed by atoms with Crippen molar-refractivity contribution in [3.8, 4) is 0 Å². The summed E-state index contributed by atoms with van der Waals surface area (Å²) in [5.41, 5.74) is 1.02. The molecule has 0 saturated heterocycles. The van der Waals surface area contributed by atoms with Crippen LogP contribution in [0.3, 0.4) is 0 Å². The van der Waals surface area contributed by atoms with Crippen molar-refractivity contribution in [2.75, 3.05) is 45.3 Å². The smallest absolute Gasteiger partial charge is 0.248 e. The van der Waals surface area contributed by atoms with E-state index in [9.17, 15) is 13.2 Å². The highest BCUT2D eigenvalue weighted by Gasteiger charge is 2.24. The maximum Gasteiger partial charge on any atom is 0.248 e. The van der Waals surface area contributed by atoms with Gasteiger partial charge in [-0.3, -0.25) is 14.4 Å². The second kappa shape index (κ2) is 8.09. The van der Waals surface area contributed by atoms with Crippen LogP contribution >= 0.6 is 0 Å². The zero-order chi connectivity index (χ0) is 17.7. The molecule has 0 saturated carbocycles. The van der Waals surface area contributed by atoms with Gasteiger partial charge in [-0.2, -0.15) is 5.10 Å². The molecule has 1 aromatic rings. The molecule has 0 aliphatic carbocycles. The lowest BCUT2D eigenvalue weighted by Gasteiger charge is -2.24. The molecule has 8 nitrogen and oxygen atoms in total. The first kappa shape index (κ1) is 18.9. The van der Waals surface area contributed by atoms with Crippen LogP contribution in [0.25, 0.3) is 0 Å². The van der Waals surface area contributed by atoms with E-state index in [1.54, 1.807) is 27.2 Å². The number of carbonyl (C=O) groups excluding carboxylic acids is 1. The first-order valence-electron chi connectivity index (χ1n) is 8.06. The van der Waals surface area contributed by atoms with Crippen molar-refractivity contribution in [3.05, 3.63) is 18.0 Å². The predicted octanol–water partition coefficient (Wildman–Crippen LogP) is -0.393. The maximum atomic E-state index is 11.8. The quantitative estimate of drug-likeness (QED) is 0.660. The van der Waals surface area contributed by atoms with Crippen molar-refractivity contribution >= 4 is 15.7 Å². The Kier molecular flexibility index (Phi) is 6.36. The largest absolute Gasteiger partial charge is 0.365 e. The number of aromatic nitrogens is 2. The third kappa shape index (κ3) is 5.29. The molecule has 2 rings (SSSR count). The Labute approximate surface area is 143 Å². The minimum absolute atomic E-state index is 0.00929. The molecule has 0 bridgehead atoms. The summed E-state index contributed by atoms with van der Waals surface area (Å²) in [6, 6.07) is 1.93. The van der Waals surface area contributed by atoms with E-state index in [1.165, 1.54) is 4.90 Å². The second-order valence-electron chi connectivity index (χ2n) is 6.20. The Morgan fingerprint density at radius 1 is 1.42 bits per heavy atom. The molecule has 0 N–H and O–H groups in total. The highest BCUT2D eigenvalue weighted by atomic mass is 32.2. The number of ether oxygens (including phenoxy) is 1. The van der Waals surface area contributed by atoms with Crippen LogP contribution in [0.4, 0.5) is 0 Å². The number of likely N-dealkylation sites (N-methyl/N-ethyl adjacent to an activating group) is 1. The van der Waals surface area contributed by atoms with Gasteiger partial charge in [0.1, 0.15) is 6.61 Å². The highest BCUT2D eigenvalue weighted by molar-refractivity contribution is 7.91.